The average molecular weight is 368 g/mol. The van der Waals surface area contributed by atoms with E-state index in [4.69, 9.17) is 0 Å². The van der Waals surface area contributed by atoms with Gasteiger partial charge in [-0.1, -0.05) is 6.07 Å². The Balaban J connectivity index is 1.45. The van der Waals surface area contributed by atoms with E-state index in [0.717, 1.165) is 24.2 Å². The number of likely N-dealkylation sites (tertiary alicyclic amines) is 1. The smallest absolute Gasteiger partial charge is 0.270 e. The van der Waals surface area contributed by atoms with Gasteiger partial charge >= 0.3 is 0 Å². The molecule has 1 aliphatic rings. The molecule has 0 unspecified atom stereocenters. The topological polar surface area (TPSA) is 92.1 Å². The summed E-state index contributed by atoms with van der Waals surface area (Å²) in [7, 11) is 0. The SMILES string of the molecule is O=C(c1cccc([N+](=O)[O-])c1)N1CCC(c2nc3ccc(F)cc3[nH]2)CC1. The number of nitrogens with zero attached hydrogens (tertiary/aromatic N) is 3. The number of hydrogen-bond donors (Lipinski definition) is 1. The largest absolute Gasteiger partial charge is 0.342 e. The van der Waals surface area contributed by atoms with Crippen LogP contribution in [0.2, 0.25) is 0 Å². The number of amides is 1. The predicted octanol–water partition coefficient (Wildman–Crippen LogP) is 3.63. The summed E-state index contributed by atoms with van der Waals surface area (Å²) in [4.78, 5) is 32.4. The number of benzene rings is 2. The first-order chi connectivity index (χ1) is 13.0. The van der Waals surface area contributed by atoms with Crippen LogP contribution < -0.4 is 0 Å². The highest BCUT2D eigenvalue weighted by Crippen LogP contribution is 2.29. The van der Waals surface area contributed by atoms with Gasteiger partial charge in [0.2, 0.25) is 0 Å². The van der Waals surface area contributed by atoms with Gasteiger partial charge < -0.3 is 9.88 Å². The Morgan fingerprint density at radius 2 is 2.00 bits per heavy atom. The van der Waals surface area contributed by atoms with Gasteiger partial charge in [0.25, 0.3) is 11.6 Å². The summed E-state index contributed by atoms with van der Waals surface area (Å²) >= 11 is 0. The van der Waals surface area contributed by atoms with Crippen molar-refractivity contribution in [3.63, 3.8) is 0 Å². The number of aromatic amines is 1. The Morgan fingerprint density at radius 1 is 1.22 bits per heavy atom. The molecule has 27 heavy (non-hydrogen) atoms. The Kier molecular flexibility index (Phi) is 4.31. The molecule has 2 aromatic carbocycles. The zero-order valence-electron chi connectivity index (χ0n) is 14.4. The van der Waals surface area contributed by atoms with E-state index in [2.05, 4.69) is 9.97 Å². The Morgan fingerprint density at radius 3 is 2.74 bits per heavy atom. The molecule has 0 aliphatic carbocycles. The lowest BCUT2D eigenvalue weighted by Gasteiger charge is -2.31. The average Bonchev–Trinajstić information content (AvgIpc) is 3.10. The molecule has 2 heterocycles. The molecular formula is C19H17FN4O3. The van der Waals surface area contributed by atoms with E-state index in [1.807, 2.05) is 0 Å². The third-order valence-electron chi connectivity index (χ3n) is 4.94. The molecule has 1 amide bonds. The third kappa shape index (κ3) is 3.38. The molecule has 3 aromatic rings. The molecule has 1 saturated heterocycles. The van der Waals surface area contributed by atoms with Crippen LogP contribution in [-0.4, -0.2) is 38.8 Å². The molecule has 0 bridgehead atoms. The van der Waals surface area contributed by atoms with Gasteiger partial charge in [-0.05, 0) is 37.1 Å². The van der Waals surface area contributed by atoms with Crippen molar-refractivity contribution in [3.05, 3.63) is 69.8 Å². The maximum Gasteiger partial charge on any atom is 0.270 e. The minimum Gasteiger partial charge on any atom is -0.342 e. The number of nitro groups is 1. The van der Waals surface area contributed by atoms with E-state index in [-0.39, 0.29) is 23.3 Å². The van der Waals surface area contributed by atoms with Gasteiger partial charge in [-0.15, -0.1) is 0 Å². The lowest BCUT2D eigenvalue weighted by atomic mass is 9.95. The number of halogens is 1. The summed E-state index contributed by atoms with van der Waals surface area (Å²) < 4.78 is 13.3. The second-order valence-electron chi connectivity index (χ2n) is 6.66. The zero-order valence-corrected chi connectivity index (χ0v) is 14.4. The number of nitrogens with one attached hydrogen (secondary N) is 1. The number of fused-ring (bicyclic) bond motifs is 1. The molecule has 4 rings (SSSR count). The minimum absolute atomic E-state index is 0.0924. The quantitative estimate of drug-likeness (QED) is 0.564. The Labute approximate surface area is 154 Å². The van der Waals surface area contributed by atoms with Crippen LogP contribution in [0.1, 0.15) is 34.9 Å². The van der Waals surface area contributed by atoms with E-state index in [0.29, 0.717) is 24.2 Å². The van der Waals surface area contributed by atoms with Crippen molar-refractivity contribution >= 4 is 22.6 Å². The fraction of sp³-hybridized carbons (Fsp3) is 0.263. The van der Waals surface area contributed by atoms with E-state index in [1.165, 1.54) is 30.3 Å². The Hall–Kier alpha value is -3.29. The second-order valence-corrected chi connectivity index (χ2v) is 6.66. The molecule has 8 heteroatoms. The predicted molar refractivity (Wildman–Crippen MR) is 97.0 cm³/mol. The standard InChI is InChI=1S/C19H17FN4O3/c20-14-4-5-16-17(11-14)22-18(21-16)12-6-8-23(9-7-12)19(25)13-2-1-3-15(10-13)24(26)27/h1-5,10-12H,6-9H2,(H,21,22). The maximum absolute atomic E-state index is 13.3. The number of aromatic nitrogens is 2. The minimum atomic E-state index is -0.507. The molecular weight excluding hydrogens is 351 g/mol. The van der Waals surface area contributed by atoms with Crippen LogP contribution in [0.15, 0.2) is 42.5 Å². The fourth-order valence-corrected chi connectivity index (χ4v) is 3.49. The second kappa shape index (κ2) is 6.79. The van der Waals surface area contributed by atoms with Gasteiger partial charge in [-0.2, -0.15) is 0 Å². The number of carbonyl (C=O) groups is 1. The van der Waals surface area contributed by atoms with Crippen LogP contribution >= 0.6 is 0 Å². The van der Waals surface area contributed by atoms with Crippen molar-refractivity contribution in [2.45, 2.75) is 18.8 Å². The highest BCUT2D eigenvalue weighted by atomic mass is 19.1. The summed E-state index contributed by atoms with van der Waals surface area (Å²) in [5.41, 5.74) is 1.62. The van der Waals surface area contributed by atoms with E-state index in [1.54, 1.807) is 17.0 Å². The number of piperidine rings is 1. The van der Waals surface area contributed by atoms with Crippen LogP contribution in [0.4, 0.5) is 10.1 Å². The van der Waals surface area contributed by atoms with Gasteiger partial charge in [0.1, 0.15) is 11.6 Å². The normalized spacial score (nSPS) is 15.2. The van der Waals surface area contributed by atoms with Gasteiger partial charge in [-0.25, -0.2) is 9.37 Å². The van der Waals surface area contributed by atoms with Gasteiger partial charge in [-0.3, -0.25) is 14.9 Å². The first-order valence-electron chi connectivity index (χ1n) is 8.70. The van der Waals surface area contributed by atoms with Crippen molar-refractivity contribution in [2.75, 3.05) is 13.1 Å². The molecule has 138 valence electrons. The number of hydrogen-bond acceptors (Lipinski definition) is 4. The van der Waals surface area contributed by atoms with E-state index in [9.17, 15) is 19.3 Å². The summed E-state index contributed by atoms with van der Waals surface area (Å²) in [5, 5.41) is 10.9. The fourth-order valence-electron chi connectivity index (χ4n) is 3.49. The highest BCUT2D eigenvalue weighted by molar-refractivity contribution is 5.94. The summed E-state index contributed by atoms with van der Waals surface area (Å²) in [6.45, 7) is 1.08. The van der Waals surface area contributed by atoms with E-state index >= 15 is 0 Å². The lowest BCUT2D eigenvalue weighted by Crippen LogP contribution is -2.38. The summed E-state index contributed by atoms with van der Waals surface area (Å²) in [5.74, 6) is 0.451. The third-order valence-corrected chi connectivity index (χ3v) is 4.94. The van der Waals surface area contributed by atoms with Crippen LogP contribution in [0.25, 0.3) is 11.0 Å². The van der Waals surface area contributed by atoms with Crippen LogP contribution in [0.5, 0.6) is 0 Å². The molecule has 0 saturated carbocycles. The maximum atomic E-state index is 13.3. The molecule has 0 atom stereocenters. The number of H-pyrrole nitrogens is 1. The molecule has 1 N–H and O–H groups in total. The number of carbonyl (C=O) groups excluding carboxylic acids is 1. The number of rotatable bonds is 3. The number of imidazole rings is 1. The van der Waals surface area contributed by atoms with Crippen molar-refractivity contribution in [1.29, 1.82) is 0 Å². The van der Waals surface area contributed by atoms with Crippen molar-refractivity contribution in [3.8, 4) is 0 Å². The molecule has 1 fully saturated rings. The van der Waals surface area contributed by atoms with E-state index < -0.39 is 4.92 Å². The van der Waals surface area contributed by atoms with Crippen LogP contribution in [0, 0.1) is 15.9 Å². The van der Waals surface area contributed by atoms with Crippen molar-refractivity contribution in [1.82, 2.24) is 14.9 Å². The van der Waals surface area contributed by atoms with Crippen molar-refractivity contribution < 1.29 is 14.1 Å². The summed E-state index contributed by atoms with van der Waals surface area (Å²) in [6.07, 6.45) is 1.45. The highest BCUT2D eigenvalue weighted by Gasteiger charge is 2.27. The Bertz CT molecular complexity index is 1020. The van der Waals surface area contributed by atoms with Crippen molar-refractivity contribution in [2.24, 2.45) is 0 Å². The summed E-state index contributed by atoms with van der Waals surface area (Å²) in [6, 6.07) is 10.2. The first-order valence-corrected chi connectivity index (χ1v) is 8.70. The van der Waals surface area contributed by atoms with Gasteiger partial charge in [0.05, 0.1) is 16.0 Å². The van der Waals surface area contributed by atoms with Crippen LogP contribution in [-0.2, 0) is 0 Å². The zero-order chi connectivity index (χ0) is 19.0. The first kappa shape index (κ1) is 17.1. The lowest BCUT2D eigenvalue weighted by molar-refractivity contribution is -0.384. The van der Waals surface area contributed by atoms with Crippen LogP contribution in [0.3, 0.4) is 0 Å². The molecule has 7 nitrogen and oxygen atoms in total. The molecule has 1 aromatic heterocycles. The molecule has 0 spiro atoms. The molecule has 0 radical (unpaired) electrons. The number of non-ortho nitro benzene ring substituents is 1. The van der Waals surface area contributed by atoms with Gasteiger partial charge in [0.15, 0.2) is 0 Å². The van der Waals surface area contributed by atoms with Gasteiger partial charge in [0, 0.05) is 36.7 Å². The number of nitro benzene ring substituents is 1. The molecule has 1 aliphatic heterocycles. The monoisotopic (exact) mass is 368 g/mol.